The molecule has 0 aliphatic carbocycles. The van der Waals surface area contributed by atoms with Gasteiger partial charge in [0, 0.05) is 12.2 Å². The summed E-state index contributed by atoms with van der Waals surface area (Å²) >= 11 is 5.75. The summed E-state index contributed by atoms with van der Waals surface area (Å²) in [5.74, 6) is -0.417. The third-order valence-electron chi connectivity index (χ3n) is 2.01. The largest absolute Gasteiger partial charge is 0.433 e. The molecular formula is C12H13ClF2N2O2. The molecule has 1 aromatic rings. The molecule has 0 heterocycles. The molecule has 0 aliphatic heterocycles. The van der Waals surface area contributed by atoms with Crippen molar-refractivity contribution in [3.05, 3.63) is 35.9 Å². The van der Waals surface area contributed by atoms with Gasteiger partial charge in [-0.1, -0.05) is 17.7 Å². The lowest BCUT2D eigenvalue weighted by Crippen LogP contribution is -2.28. The topological polar surface area (TPSA) is 50.4 Å². The highest BCUT2D eigenvalue weighted by Gasteiger charge is 2.10. The molecule has 0 unspecified atom stereocenters. The SMILES string of the molecule is C=CCNCC(=O)Nc1ccc(OC(F)F)c(Cl)c1. The Morgan fingerprint density at radius 3 is 2.84 bits per heavy atom. The van der Waals surface area contributed by atoms with Crippen LogP contribution in [0.4, 0.5) is 14.5 Å². The van der Waals surface area contributed by atoms with Gasteiger partial charge in [-0.3, -0.25) is 4.79 Å². The van der Waals surface area contributed by atoms with Gasteiger partial charge in [-0.2, -0.15) is 8.78 Å². The highest BCUT2D eigenvalue weighted by molar-refractivity contribution is 6.32. The summed E-state index contributed by atoms with van der Waals surface area (Å²) in [5.41, 5.74) is 0.400. The Labute approximate surface area is 114 Å². The minimum atomic E-state index is -2.94. The van der Waals surface area contributed by atoms with Crippen LogP contribution in [-0.4, -0.2) is 25.6 Å². The molecule has 2 N–H and O–H groups in total. The number of anilines is 1. The summed E-state index contributed by atoms with van der Waals surface area (Å²) in [4.78, 5) is 11.5. The van der Waals surface area contributed by atoms with Crippen LogP contribution in [0.25, 0.3) is 0 Å². The normalized spacial score (nSPS) is 10.3. The van der Waals surface area contributed by atoms with Gasteiger partial charge in [0.25, 0.3) is 0 Å². The van der Waals surface area contributed by atoms with Crippen LogP contribution in [0.5, 0.6) is 5.75 Å². The number of hydrogen-bond donors (Lipinski definition) is 2. The van der Waals surface area contributed by atoms with Gasteiger partial charge in [0.1, 0.15) is 5.75 Å². The number of halogens is 3. The monoisotopic (exact) mass is 290 g/mol. The van der Waals surface area contributed by atoms with Crippen molar-refractivity contribution in [3.63, 3.8) is 0 Å². The van der Waals surface area contributed by atoms with Crippen LogP contribution >= 0.6 is 11.6 Å². The van der Waals surface area contributed by atoms with E-state index >= 15 is 0 Å². The third kappa shape index (κ3) is 5.67. The van der Waals surface area contributed by atoms with Crippen molar-refractivity contribution in [2.75, 3.05) is 18.4 Å². The van der Waals surface area contributed by atoms with Crippen molar-refractivity contribution in [1.29, 1.82) is 0 Å². The Morgan fingerprint density at radius 2 is 2.26 bits per heavy atom. The fourth-order valence-corrected chi connectivity index (χ4v) is 1.49. The summed E-state index contributed by atoms with van der Waals surface area (Å²) < 4.78 is 28.2. The second-order valence-electron chi connectivity index (χ2n) is 3.49. The van der Waals surface area contributed by atoms with Crippen molar-refractivity contribution in [1.82, 2.24) is 5.32 Å². The number of rotatable bonds is 7. The van der Waals surface area contributed by atoms with Gasteiger partial charge in [-0.05, 0) is 18.2 Å². The van der Waals surface area contributed by atoms with Gasteiger partial charge in [-0.15, -0.1) is 6.58 Å². The van der Waals surface area contributed by atoms with E-state index in [9.17, 15) is 13.6 Å². The van der Waals surface area contributed by atoms with Crippen LogP contribution in [0.15, 0.2) is 30.9 Å². The van der Waals surface area contributed by atoms with Crippen LogP contribution in [-0.2, 0) is 4.79 Å². The van der Waals surface area contributed by atoms with Gasteiger partial charge in [0.05, 0.1) is 11.6 Å². The molecule has 0 aromatic heterocycles. The highest BCUT2D eigenvalue weighted by atomic mass is 35.5. The zero-order chi connectivity index (χ0) is 14.3. The van der Waals surface area contributed by atoms with E-state index in [1.165, 1.54) is 18.2 Å². The van der Waals surface area contributed by atoms with Crippen molar-refractivity contribution < 1.29 is 18.3 Å². The smallest absolute Gasteiger partial charge is 0.387 e. The van der Waals surface area contributed by atoms with Crippen LogP contribution in [0.2, 0.25) is 5.02 Å². The molecule has 0 saturated heterocycles. The van der Waals surface area contributed by atoms with Crippen molar-refractivity contribution in [2.24, 2.45) is 0 Å². The zero-order valence-electron chi connectivity index (χ0n) is 9.96. The molecule has 19 heavy (non-hydrogen) atoms. The van der Waals surface area contributed by atoms with E-state index in [-0.39, 0.29) is 23.2 Å². The Balaban J connectivity index is 2.57. The maximum absolute atomic E-state index is 12.0. The van der Waals surface area contributed by atoms with Crippen molar-refractivity contribution in [3.8, 4) is 5.75 Å². The van der Waals surface area contributed by atoms with Gasteiger partial charge in [-0.25, -0.2) is 0 Å². The van der Waals surface area contributed by atoms with Crippen LogP contribution in [0.1, 0.15) is 0 Å². The molecule has 4 nitrogen and oxygen atoms in total. The van der Waals surface area contributed by atoms with E-state index in [0.29, 0.717) is 12.2 Å². The number of carbonyl (C=O) groups is 1. The van der Waals surface area contributed by atoms with E-state index in [1.807, 2.05) is 0 Å². The lowest BCUT2D eigenvalue weighted by molar-refractivity contribution is -0.115. The van der Waals surface area contributed by atoms with E-state index in [4.69, 9.17) is 11.6 Å². The van der Waals surface area contributed by atoms with E-state index in [2.05, 4.69) is 21.9 Å². The predicted molar refractivity (Wildman–Crippen MR) is 69.8 cm³/mol. The lowest BCUT2D eigenvalue weighted by atomic mass is 10.3. The lowest BCUT2D eigenvalue weighted by Gasteiger charge is -2.09. The first-order valence-corrected chi connectivity index (χ1v) is 5.76. The Morgan fingerprint density at radius 1 is 1.53 bits per heavy atom. The molecule has 0 aliphatic rings. The van der Waals surface area contributed by atoms with Gasteiger partial charge in [0.2, 0.25) is 5.91 Å². The minimum Gasteiger partial charge on any atom is -0.433 e. The fourth-order valence-electron chi connectivity index (χ4n) is 1.26. The van der Waals surface area contributed by atoms with Gasteiger partial charge < -0.3 is 15.4 Å². The number of ether oxygens (including phenoxy) is 1. The number of nitrogens with one attached hydrogen (secondary N) is 2. The molecular weight excluding hydrogens is 278 g/mol. The number of alkyl halides is 2. The van der Waals surface area contributed by atoms with E-state index in [1.54, 1.807) is 6.08 Å². The summed E-state index contributed by atoms with van der Waals surface area (Å²) in [7, 11) is 0. The number of hydrogen-bond acceptors (Lipinski definition) is 3. The highest BCUT2D eigenvalue weighted by Crippen LogP contribution is 2.28. The second kappa shape index (κ2) is 7.70. The first-order valence-electron chi connectivity index (χ1n) is 5.38. The molecule has 0 radical (unpaired) electrons. The molecule has 0 spiro atoms. The summed E-state index contributed by atoms with van der Waals surface area (Å²) in [5, 5.41) is 5.38. The summed E-state index contributed by atoms with van der Waals surface area (Å²) in [6.45, 7) is 1.18. The third-order valence-corrected chi connectivity index (χ3v) is 2.30. The zero-order valence-corrected chi connectivity index (χ0v) is 10.7. The average Bonchev–Trinajstić information content (AvgIpc) is 2.32. The molecule has 0 bridgehead atoms. The van der Waals surface area contributed by atoms with Gasteiger partial charge in [0.15, 0.2) is 0 Å². The Kier molecular flexibility index (Phi) is 6.24. The molecule has 104 valence electrons. The molecule has 1 aromatic carbocycles. The van der Waals surface area contributed by atoms with E-state index in [0.717, 1.165) is 0 Å². The predicted octanol–water partition coefficient (Wildman–Crippen LogP) is 2.66. The minimum absolute atomic E-state index is 0.00264. The molecule has 1 rings (SSSR count). The standard InChI is InChI=1S/C12H13ClF2N2O2/c1-2-5-16-7-11(18)17-8-3-4-10(9(13)6-8)19-12(14)15/h2-4,6,12,16H,1,5,7H2,(H,17,18). The summed E-state index contributed by atoms with van der Waals surface area (Å²) in [6, 6.07) is 4.03. The van der Waals surface area contributed by atoms with Crippen molar-refractivity contribution in [2.45, 2.75) is 6.61 Å². The Bertz CT molecular complexity index is 455. The number of amides is 1. The Hall–Kier alpha value is -1.66. The molecule has 1 amide bonds. The van der Waals surface area contributed by atoms with Crippen LogP contribution in [0.3, 0.4) is 0 Å². The molecule has 0 fully saturated rings. The van der Waals surface area contributed by atoms with Crippen LogP contribution < -0.4 is 15.4 Å². The second-order valence-corrected chi connectivity index (χ2v) is 3.90. The fraction of sp³-hybridized carbons (Fsp3) is 0.250. The molecule has 0 saturated carbocycles. The average molecular weight is 291 g/mol. The first-order chi connectivity index (χ1) is 9.02. The molecule has 7 heteroatoms. The van der Waals surface area contributed by atoms with Crippen LogP contribution in [0, 0.1) is 0 Å². The maximum atomic E-state index is 12.0. The maximum Gasteiger partial charge on any atom is 0.387 e. The quantitative estimate of drug-likeness (QED) is 0.599. The van der Waals surface area contributed by atoms with Gasteiger partial charge >= 0.3 is 6.61 Å². The first kappa shape index (κ1) is 15.4. The molecule has 0 atom stereocenters. The number of benzene rings is 1. The van der Waals surface area contributed by atoms with Crippen molar-refractivity contribution >= 4 is 23.2 Å². The summed E-state index contributed by atoms with van der Waals surface area (Å²) in [6.07, 6.45) is 1.63. The van der Waals surface area contributed by atoms with E-state index < -0.39 is 6.61 Å². The number of carbonyl (C=O) groups excluding carboxylic acids is 1.